The van der Waals surface area contributed by atoms with Crippen LogP contribution in [0, 0.1) is 5.92 Å². The summed E-state index contributed by atoms with van der Waals surface area (Å²) < 4.78 is 5.11. The molecule has 17 heavy (non-hydrogen) atoms. The second-order valence-corrected chi connectivity index (χ2v) is 4.85. The van der Waals surface area contributed by atoms with Gasteiger partial charge in [-0.15, -0.1) is 0 Å². The standard InChI is InChI=1S/C13H22N2O2/c1-17-10-11-4-8-15(9-5-11)13(16)12-2-6-14-7-3-12/h4,12,14H,2-3,5-10H2,1H3. The average molecular weight is 238 g/mol. The van der Waals surface area contributed by atoms with E-state index >= 15 is 0 Å². The summed E-state index contributed by atoms with van der Waals surface area (Å²) >= 11 is 0. The average Bonchev–Trinajstić information content (AvgIpc) is 2.40. The second-order valence-electron chi connectivity index (χ2n) is 4.85. The quantitative estimate of drug-likeness (QED) is 0.739. The molecule has 1 saturated heterocycles. The minimum Gasteiger partial charge on any atom is -0.380 e. The molecule has 2 aliphatic heterocycles. The smallest absolute Gasteiger partial charge is 0.226 e. The van der Waals surface area contributed by atoms with Crippen molar-refractivity contribution in [1.82, 2.24) is 10.2 Å². The van der Waals surface area contributed by atoms with Crippen LogP contribution >= 0.6 is 0 Å². The Morgan fingerprint density at radius 2 is 2.29 bits per heavy atom. The van der Waals surface area contributed by atoms with Crippen LogP contribution in [0.4, 0.5) is 0 Å². The van der Waals surface area contributed by atoms with Gasteiger partial charge in [0.15, 0.2) is 0 Å². The third-order valence-corrected chi connectivity index (χ3v) is 3.63. The number of piperidine rings is 1. The van der Waals surface area contributed by atoms with Gasteiger partial charge >= 0.3 is 0 Å². The number of carbonyl (C=O) groups is 1. The minimum atomic E-state index is 0.244. The molecule has 0 aliphatic carbocycles. The Morgan fingerprint density at radius 3 is 2.88 bits per heavy atom. The minimum absolute atomic E-state index is 0.244. The highest BCUT2D eigenvalue weighted by molar-refractivity contribution is 5.79. The maximum absolute atomic E-state index is 12.3. The lowest BCUT2D eigenvalue weighted by Gasteiger charge is -2.31. The highest BCUT2D eigenvalue weighted by Gasteiger charge is 2.26. The van der Waals surface area contributed by atoms with Crippen LogP contribution in [0.2, 0.25) is 0 Å². The van der Waals surface area contributed by atoms with Gasteiger partial charge in [-0.3, -0.25) is 4.79 Å². The maximum atomic E-state index is 12.3. The van der Waals surface area contributed by atoms with E-state index in [1.807, 2.05) is 4.90 Å². The molecule has 0 atom stereocenters. The number of rotatable bonds is 3. The van der Waals surface area contributed by atoms with Gasteiger partial charge in [0.1, 0.15) is 0 Å². The van der Waals surface area contributed by atoms with Crippen LogP contribution in [0.25, 0.3) is 0 Å². The summed E-state index contributed by atoms with van der Waals surface area (Å²) in [6.45, 7) is 4.29. The topological polar surface area (TPSA) is 41.6 Å². The Hall–Kier alpha value is -0.870. The van der Waals surface area contributed by atoms with Crippen LogP contribution in [0.15, 0.2) is 11.6 Å². The fourth-order valence-corrected chi connectivity index (χ4v) is 2.55. The van der Waals surface area contributed by atoms with Gasteiger partial charge < -0.3 is 15.0 Å². The highest BCUT2D eigenvalue weighted by atomic mass is 16.5. The molecule has 1 fully saturated rings. The Bertz CT molecular complexity index is 296. The van der Waals surface area contributed by atoms with E-state index in [0.29, 0.717) is 12.5 Å². The molecule has 1 N–H and O–H groups in total. The van der Waals surface area contributed by atoms with E-state index in [4.69, 9.17) is 4.74 Å². The van der Waals surface area contributed by atoms with Gasteiger partial charge in [0.25, 0.3) is 0 Å². The Morgan fingerprint density at radius 1 is 1.53 bits per heavy atom. The molecule has 0 aromatic rings. The normalized spacial score (nSPS) is 22.4. The first-order valence-electron chi connectivity index (χ1n) is 6.47. The summed E-state index contributed by atoms with van der Waals surface area (Å²) in [5.74, 6) is 0.591. The number of nitrogens with one attached hydrogen (secondary N) is 1. The van der Waals surface area contributed by atoms with E-state index in [1.54, 1.807) is 7.11 Å². The Labute approximate surface area is 103 Å². The van der Waals surface area contributed by atoms with Crippen molar-refractivity contribution in [2.45, 2.75) is 19.3 Å². The van der Waals surface area contributed by atoms with E-state index in [2.05, 4.69) is 11.4 Å². The van der Waals surface area contributed by atoms with Gasteiger partial charge in [0, 0.05) is 26.1 Å². The lowest BCUT2D eigenvalue weighted by molar-refractivity contribution is -0.136. The molecular formula is C13H22N2O2. The Kier molecular flexibility index (Phi) is 4.57. The molecule has 0 saturated carbocycles. The third-order valence-electron chi connectivity index (χ3n) is 3.63. The summed E-state index contributed by atoms with van der Waals surface area (Å²) in [4.78, 5) is 14.3. The lowest BCUT2D eigenvalue weighted by Crippen LogP contribution is -2.43. The molecule has 0 aromatic heterocycles. The first-order valence-corrected chi connectivity index (χ1v) is 6.47. The van der Waals surface area contributed by atoms with Crippen molar-refractivity contribution in [3.8, 4) is 0 Å². The number of ether oxygens (including phenoxy) is 1. The van der Waals surface area contributed by atoms with Crippen molar-refractivity contribution in [2.75, 3.05) is 39.9 Å². The molecule has 0 aromatic carbocycles. The second kappa shape index (κ2) is 6.17. The van der Waals surface area contributed by atoms with Gasteiger partial charge in [-0.05, 0) is 37.9 Å². The van der Waals surface area contributed by atoms with E-state index in [9.17, 15) is 4.79 Å². The molecule has 4 heteroatoms. The zero-order valence-corrected chi connectivity index (χ0v) is 10.6. The third kappa shape index (κ3) is 3.30. The van der Waals surface area contributed by atoms with Crippen LogP contribution in [0.3, 0.4) is 0 Å². The molecule has 96 valence electrons. The summed E-state index contributed by atoms with van der Waals surface area (Å²) in [5.41, 5.74) is 1.32. The molecule has 0 bridgehead atoms. The predicted molar refractivity (Wildman–Crippen MR) is 66.7 cm³/mol. The monoisotopic (exact) mass is 238 g/mol. The van der Waals surface area contributed by atoms with Crippen LogP contribution in [-0.4, -0.2) is 50.7 Å². The maximum Gasteiger partial charge on any atom is 0.226 e. The summed E-state index contributed by atoms with van der Waals surface area (Å²) in [7, 11) is 1.72. The summed E-state index contributed by atoms with van der Waals surface area (Å²) in [6, 6.07) is 0. The van der Waals surface area contributed by atoms with Crippen molar-refractivity contribution in [2.24, 2.45) is 5.92 Å². The fraction of sp³-hybridized carbons (Fsp3) is 0.769. The lowest BCUT2D eigenvalue weighted by atomic mass is 9.95. The van der Waals surface area contributed by atoms with Crippen LogP contribution in [0.5, 0.6) is 0 Å². The van der Waals surface area contributed by atoms with Crippen LogP contribution in [0.1, 0.15) is 19.3 Å². The van der Waals surface area contributed by atoms with Gasteiger partial charge in [-0.2, -0.15) is 0 Å². The predicted octanol–water partition coefficient (Wildman–Crippen LogP) is 0.791. The zero-order chi connectivity index (χ0) is 12.1. The van der Waals surface area contributed by atoms with Crippen molar-refractivity contribution >= 4 is 5.91 Å². The van der Waals surface area contributed by atoms with Crippen LogP contribution < -0.4 is 5.32 Å². The van der Waals surface area contributed by atoms with E-state index in [-0.39, 0.29) is 5.92 Å². The number of hydrogen-bond acceptors (Lipinski definition) is 3. The van der Waals surface area contributed by atoms with Gasteiger partial charge in [-0.1, -0.05) is 6.08 Å². The first-order chi connectivity index (χ1) is 8.31. The van der Waals surface area contributed by atoms with E-state index in [1.165, 1.54) is 5.57 Å². The van der Waals surface area contributed by atoms with Crippen molar-refractivity contribution < 1.29 is 9.53 Å². The van der Waals surface area contributed by atoms with Crippen LogP contribution in [-0.2, 0) is 9.53 Å². The van der Waals surface area contributed by atoms with Crippen molar-refractivity contribution in [3.63, 3.8) is 0 Å². The van der Waals surface area contributed by atoms with E-state index < -0.39 is 0 Å². The molecule has 0 radical (unpaired) electrons. The molecule has 4 nitrogen and oxygen atoms in total. The number of carbonyl (C=O) groups excluding carboxylic acids is 1. The van der Waals surface area contributed by atoms with Crippen molar-refractivity contribution in [1.29, 1.82) is 0 Å². The van der Waals surface area contributed by atoms with Crippen molar-refractivity contribution in [3.05, 3.63) is 11.6 Å². The van der Waals surface area contributed by atoms with Gasteiger partial charge in [0.05, 0.1) is 6.61 Å². The number of hydrogen-bond donors (Lipinski definition) is 1. The first kappa shape index (κ1) is 12.6. The molecule has 2 heterocycles. The largest absolute Gasteiger partial charge is 0.380 e. The van der Waals surface area contributed by atoms with Gasteiger partial charge in [0.2, 0.25) is 5.91 Å². The summed E-state index contributed by atoms with van der Waals surface area (Å²) in [5, 5.41) is 3.30. The zero-order valence-electron chi connectivity index (χ0n) is 10.6. The molecule has 2 aliphatic rings. The molecule has 2 rings (SSSR count). The molecule has 0 spiro atoms. The Balaban J connectivity index is 1.85. The summed E-state index contributed by atoms with van der Waals surface area (Å²) in [6.07, 6.45) is 5.09. The SMILES string of the molecule is COCC1=CCN(C(=O)C2CCNCC2)CC1. The molecule has 1 amide bonds. The van der Waals surface area contributed by atoms with E-state index in [0.717, 1.165) is 45.4 Å². The van der Waals surface area contributed by atoms with Gasteiger partial charge in [-0.25, -0.2) is 0 Å². The number of amides is 1. The number of methoxy groups -OCH3 is 1. The fourth-order valence-electron chi connectivity index (χ4n) is 2.55. The number of nitrogens with zero attached hydrogens (tertiary/aromatic N) is 1. The highest BCUT2D eigenvalue weighted by Crippen LogP contribution is 2.18. The molecule has 0 unspecified atom stereocenters. The molecular weight excluding hydrogens is 216 g/mol.